The van der Waals surface area contributed by atoms with Gasteiger partial charge in [-0.1, -0.05) is 32.0 Å². The van der Waals surface area contributed by atoms with Crippen LogP contribution in [0.15, 0.2) is 54.7 Å². The molecule has 1 aliphatic heterocycles. The molecule has 0 unspecified atom stereocenters. The zero-order valence-electron chi connectivity index (χ0n) is 25.2. The molecule has 0 fully saturated rings. The monoisotopic (exact) mass is 695 g/mol. The molecule has 0 bridgehead atoms. The second-order valence-corrected chi connectivity index (χ2v) is 12.0. The van der Waals surface area contributed by atoms with E-state index in [2.05, 4.69) is 19.9 Å². The van der Waals surface area contributed by atoms with Crippen molar-refractivity contribution in [3.8, 4) is 39.9 Å². The normalized spacial score (nSPS) is 13.4. The Hall–Kier alpha value is -5.86. The van der Waals surface area contributed by atoms with Crippen molar-refractivity contribution >= 4 is 21.9 Å². The summed E-state index contributed by atoms with van der Waals surface area (Å²) in [6.07, 6.45) is 1.58. The molecular weight excluding hydrogens is 680 g/mol. The van der Waals surface area contributed by atoms with Crippen LogP contribution in [0, 0.1) is 58.2 Å². The number of halogens is 10. The fraction of sp³-hybridized carbons (Fsp3) is 0.0857. The number of aromatic nitrogens is 5. The van der Waals surface area contributed by atoms with Gasteiger partial charge in [-0.25, -0.2) is 63.8 Å². The van der Waals surface area contributed by atoms with Gasteiger partial charge in [0.15, 0.2) is 64.0 Å². The van der Waals surface area contributed by atoms with Crippen LogP contribution >= 0.6 is 0 Å². The number of para-hydroxylation sites is 1. The summed E-state index contributed by atoms with van der Waals surface area (Å²) < 4.78 is 148. The number of rotatable bonds is 3. The molecule has 8 rings (SSSR count). The van der Waals surface area contributed by atoms with E-state index in [0.29, 0.717) is 27.5 Å². The highest BCUT2D eigenvalue weighted by Gasteiger charge is 2.37. The van der Waals surface area contributed by atoms with Crippen LogP contribution in [-0.2, 0) is 5.41 Å². The zero-order chi connectivity index (χ0) is 35.5. The van der Waals surface area contributed by atoms with Crippen LogP contribution in [-0.4, -0.2) is 24.5 Å². The van der Waals surface area contributed by atoms with Crippen molar-refractivity contribution in [2.24, 2.45) is 0 Å². The van der Waals surface area contributed by atoms with E-state index in [9.17, 15) is 26.3 Å². The Morgan fingerprint density at radius 1 is 0.520 bits per heavy atom. The predicted octanol–water partition coefficient (Wildman–Crippen LogP) is 9.39. The van der Waals surface area contributed by atoms with Crippen molar-refractivity contribution in [2.75, 3.05) is 0 Å². The van der Waals surface area contributed by atoms with E-state index in [1.165, 1.54) is 12.1 Å². The van der Waals surface area contributed by atoms with E-state index in [0.717, 1.165) is 11.3 Å². The lowest BCUT2D eigenvalue weighted by Crippen LogP contribution is -2.26. The molecule has 4 aromatic carbocycles. The van der Waals surface area contributed by atoms with Crippen LogP contribution < -0.4 is 0 Å². The summed E-state index contributed by atoms with van der Waals surface area (Å²) in [5, 5.41) is 1.13. The average molecular weight is 696 g/mol. The lowest BCUT2D eigenvalue weighted by Gasteiger charge is -2.34. The molecule has 7 aromatic rings. The summed E-state index contributed by atoms with van der Waals surface area (Å²) in [6, 6.07) is 13.9. The molecule has 0 radical (unpaired) electrons. The van der Waals surface area contributed by atoms with E-state index >= 15 is 17.6 Å². The Labute approximate surface area is 273 Å². The Kier molecular flexibility index (Phi) is 6.64. The number of fused-ring (bicyclic) bond motifs is 5. The van der Waals surface area contributed by atoms with Gasteiger partial charge in [0.05, 0.1) is 22.3 Å². The van der Waals surface area contributed by atoms with Crippen LogP contribution in [0.5, 0.6) is 0 Å². The fourth-order valence-corrected chi connectivity index (χ4v) is 6.49. The molecule has 4 heterocycles. The smallest absolute Gasteiger partial charge is 0.200 e. The second-order valence-electron chi connectivity index (χ2n) is 12.0. The third-order valence-corrected chi connectivity index (χ3v) is 8.87. The lowest BCUT2D eigenvalue weighted by atomic mass is 9.74. The van der Waals surface area contributed by atoms with Gasteiger partial charge in [0.2, 0.25) is 11.6 Å². The topological polar surface area (TPSA) is 56.5 Å². The van der Waals surface area contributed by atoms with Crippen LogP contribution in [0.4, 0.5) is 43.9 Å². The molecule has 1 aliphatic rings. The first-order valence-corrected chi connectivity index (χ1v) is 14.6. The Morgan fingerprint density at radius 3 is 1.58 bits per heavy atom. The minimum atomic E-state index is -2.52. The van der Waals surface area contributed by atoms with Gasteiger partial charge in [-0.05, 0) is 41.5 Å². The highest BCUT2D eigenvalue weighted by atomic mass is 19.2. The Bertz CT molecular complexity index is 2510. The van der Waals surface area contributed by atoms with Crippen LogP contribution in [0.25, 0.3) is 61.8 Å². The highest BCUT2D eigenvalue weighted by Crippen LogP contribution is 2.48. The minimum absolute atomic E-state index is 0.0273. The molecule has 5 nitrogen and oxygen atoms in total. The van der Waals surface area contributed by atoms with E-state index < -0.39 is 92.2 Å². The molecule has 15 heteroatoms. The average Bonchev–Trinajstić information content (AvgIpc) is 3.45. The third kappa shape index (κ3) is 4.08. The van der Waals surface area contributed by atoms with Crippen molar-refractivity contribution in [3.63, 3.8) is 0 Å². The number of benzene rings is 4. The molecule has 50 heavy (non-hydrogen) atoms. The number of hydrogen-bond donors (Lipinski definition) is 0. The van der Waals surface area contributed by atoms with Gasteiger partial charge in [-0.3, -0.25) is 4.57 Å². The zero-order valence-corrected chi connectivity index (χ0v) is 25.2. The number of pyridine rings is 1. The van der Waals surface area contributed by atoms with E-state index in [-0.39, 0.29) is 5.56 Å². The Balaban J connectivity index is 1.51. The van der Waals surface area contributed by atoms with Gasteiger partial charge in [0, 0.05) is 27.9 Å². The molecule has 0 saturated heterocycles. The van der Waals surface area contributed by atoms with Crippen LogP contribution in [0.3, 0.4) is 0 Å². The SMILES string of the molecule is CC1(C)c2ccccc2-n2c3ncccc3c3cc(-c4nc(-c5c(F)c(F)c(F)c(F)c5F)nc(-c5c(F)c(F)c(F)c(F)c5F)n4)cc1c32. The van der Waals surface area contributed by atoms with Crippen molar-refractivity contribution < 1.29 is 43.9 Å². The first-order chi connectivity index (χ1) is 23.7. The molecule has 250 valence electrons. The van der Waals surface area contributed by atoms with Gasteiger partial charge in [0.1, 0.15) is 5.65 Å². The van der Waals surface area contributed by atoms with Crippen molar-refractivity contribution in [1.82, 2.24) is 24.5 Å². The van der Waals surface area contributed by atoms with Crippen molar-refractivity contribution in [1.29, 1.82) is 0 Å². The molecule has 0 amide bonds. The Morgan fingerprint density at radius 2 is 1.02 bits per heavy atom. The van der Waals surface area contributed by atoms with Crippen molar-refractivity contribution in [3.05, 3.63) is 124 Å². The maximum absolute atomic E-state index is 15.1. The fourth-order valence-electron chi connectivity index (χ4n) is 6.49. The summed E-state index contributed by atoms with van der Waals surface area (Å²) in [5.74, 6) is -27.6. The molecular formula is C35H15F10N5. The van der Waals surface area contributed by atoms with Gasteiger partial charge in [-0.2, -0.15) is 0 Å². The first-order valence-electron chi connectivity index (χ1n) is 14.6. The van der Waals surface area contributed by atoms with E-state index in [1.807, 2.05) is 42.7 Å². The predicted molar refractivity (Wildman–Crippen MR) is 160 cm³/mol. The third-order valence-electron chi connectivity index (χ3n) is 8.87. The maximum atomic E-state index is 15.1. The number of hydrogen-bond acceptors (Lipinski definition) is 4. The van der Waals surface area contributed by atoms with Gasteiger partial charge >= 0.3 is 0 Å². The van der Waals surface area contributed by atoms with Crippen molar-refractivity contribution in [2.45, 2.75) is 19.3 Å². The molecule has 0 atom stereocenters. The summed E-state index contributed by atoms with van der Waals surface area (Å²) in [6.45, 7) is 3.79. The molecule has 0 spiro atoms. The quantitative estimate of drug-likeness (QED) is 0.105. The largest absolute Gasteiger partial charge is 0.293 e. The molecule has 0 N–H and O–H groups in total. The molecule has 3 aromatic heterocycles. The van der Waals surface area contributed by atoms with Gasteiger partial charge in [-0.15, -0.1) is 0 Å². The van der Waals surface area contributed by atoms with Crippen LogP contribution in [0.1, 0.15) is 25.0 Å². The molecule has 0 saturated carbocycles. The summed E-state index contributed by atoms with van der Waals surface area (Å²) in [5.41, 5.74) is -0.786. The van der Waals surface area contributed by atoms with Gasteiger partial charge < -0.3 is 0 Å². The summed E-state index contributed by atoms with van der Waals surface area (Å²) in [4.78, 5) is 15.9. The second kappa shape index (κ2) is 10.6. The minimum Gasteiger partial charge on any atom is -0.293 e. The standard InChI is InChI=1S/C35H15F10N5/c1-35(2)15-7-3-4-8-17(15)50-30-14(13-6-5-9-46-34(13)50)10-12(11-16(30)35)31-47-32(18-20(36)24(40)28(44)25(41)21(18)37)49-33(48-31)19-22(38)26(42)29(45)27(43)23(19)39/h3-11H,1-2H3. The molecule has 0 aliphatic carbocycles. The van der Waals surface area contributed by atoms with E-state index in [4.69, 9.17) is 0 Å². The van der Waals surface area contributed by atoms with Crippen LogP contribution in [0.2, 0.25) is 0 Å². The first kappa shape index (κ1) is 31.4. The summed E-state index contributed by atoms with van der Waals surface area (Å²) >= 11 is 0. The summed E-state index contributed by atoms with van der Waals surface area (Å²) in [7, 11) is 0. The maximum Gasteiger partial charge on any atom is 0.200 e. The van der Waals surface area contributed by atoms with E-state index in [1.54, 1.807) is 18.3 Å². The number of nitrogens with zero attached hydrogens (tertiary/aromatic N) is 5. The highest BCUT2D eigenvalue weighted by molar-refractivity contribution is 6.11. The lowest BCUT2D eigenvalue weighted by molar-refractivity contribution is 0.380. The van der Waals surface area contributed by atoms with Gasteiger partial charge in [0.25, 0.3) is 0 Å².